The van der Waals surface area contributed by atoms with Crippen LogP contribution in [0.3, 0.4) is 0 Å². The first-order valence-corrected chi connectivity index (χ1v) is 22.6. The predicted molar refractivity (Wildman–Crippen MR) is 268 cm³/mol. The number of nitrogens with zero attached hydrogens (tertiary/aromatic N) is 5. The Morgan fingerprint density at radius 3 is 2.02 bits per heavy atom. The van der Waals surface area contributed by atoms with E-state index in [1.54, 1.807) is 11.6 Å². The zero-order chi connectivity index (χ0) is 44.4. The molecule has 7 aromatic carbocycles. The Morgan fingerprint density at radius 1 is 0.636 bits per heavy atom. The molecule has 1 radical (unpaired) electrons. The van der Waals surface area contributed by atoms with Gasteiger partial charge in [-0.25, -0.2) is 0 Å². The van der Waals surface area contributed by atoms with Gasteiger partial charge in [-0.1, -0.05) is 136 Å². The summed E-state index contributed by atoms with van der Waals surface area (Å²) < 4.78 is 9.10. The van der Waals surface area contributed by atoms with Crippen LogP contribution in [-0.2, 0) is 20.1 Å². The van der Waals surface area contributed by atoms with E-state index in [1.807, 2.05) is 48.5 Å². The molecule has 0 unspecified atom stereocenters. The normalized spacial score (nSPS) is 11.2. The average molecular weight is 1050 g/mol. The summed E-state index contributed by atoms with van der Waals surface area (Å²) >= 11 is 1.47. The third kappa shape index (κ3) is 8.53. The summed E-state index contributed by atoms with van der Waals surface area (Å²) in [5, 5.41) is 4.75. The van der Waals surface area contributed by atoms with Crippen LogP contribution in [0.1, 0.15) is 50.7 Å². The first kappa shape index (κ1) is 44.0. The van der Waals surface area contributed by atoms with E-state index < -0.39 is 0 Å². The minimum atomic E-state index is 0. The van der Waals surface area contributed by atoms with Gasteiger partial charge >= 0.3 is 0 Å². The molecule has 0 saturated carbocycles. The van der Waals surface area contributed by atoms with Gasteiger partial charge in [-0.2, -0.15) is 0 Å². The first-order valence-electron chi connectivity index (χ1n) is 21.7. The van der Waals surface area contributed by atoms with Gasteiger partial charge in [-0.05, 0) is 87.3 Å². The molecule has 6 nitrogen and oxygen atoms in total. The van der Waals surface area contributed by atoms with Gasteiger partial charge in [0, 0.05) is 48.3 Å². The Kier molecular flexibility index (Phi) is 12.7. The van der Waals surface area contributed by atoms with Crippen molar-refractivity contribution < 1.29 is 24.5 Å². The first-order chi connectivity index (χ1) is 31.8. The molecule has 0 aliphatic heterocycles. The van der Waals surface area contributed by atoms with Gasteiger partial charge in [0.2, 0.25) is 5.01 Å². The molecule has 323 valence electrons. The monoisotopic (exact) mass is 1050 g/mol. The molecule has 66 heavy (non-hydrogen) atoms. The third-order valence-corrected chi connectivity index (χ3v) is 12.5. The molecule has 4 heterocycles. The van der Waals surface area contributed by atoms with Crippen molar-refractivity contribution in [2.24, 2.45) is 0 Å². The number of fused-ring (bicyclic) bond motifs is 4. The van der Waals surface area contributed by atoms with E-state index in [9.17, 15) is 0 Å². The van der Waals surface area contributed by atoms with E-state index in [2.05, 4.69) is 174 Å². The Balaban J connectivity index is 0.000000229. The van der Waals surface area contributed by atoms with Gasteiger partial charge in [0.1, 0.15) is 5.58 Å². The van der Waals surface area contributed by atoms with Gasteiger partial charge in [-0.3, -0.25) is 4.98 Å². The number of pyridine rings is 1. The summed E-state index contributed by atoms with van der Waals surface area (Å²) in [5.74, 6) is 1.84. The van der Waals surface area contributed by atoms with Crippen molar-refractivity contribution in [3.05, 3.63) is 210 Å². The molecular formula is C58H43IrN5OS-2. The zero-order valence-electron chi connectivity index (χ0n) is 36.8. The quantitative estimate of drug-likeness (QED) is 0.142. The number of furan rings is 1. The fourth-order valence-corrected chi connectivity index (χ4v) is 9.20. The molecule has 11 aromatic rings. The molecule has 0 atom stereocenters. The smallest absolute Gasteiger partial charge is 0.281 e. The zero-order valence-corrected chi connectivity index (χ0v) is 40.0. The molecule has 0 saturated heterocycles. The second-order valence-corrected chi connectivity index (χ2v) is 17.4. The fraction of sp³-hybridized carbons (Fsp3) is 0.103. The number of aromatic nitrogens is 4. The molecule has 0 aliphatic carbocycles. The second kappa shape index (κ2) is 19.1. The van der Waals surface area contributed by atoms with Crippen molar-refractivity contribution in [2.75, 3.05) is 0 Å². The van der Waals surface area contributed by atoms with E-state index in [-0.39, 0.29) is 31.9 Å². The molecule has 0 N–H and O–H groups in total. The fourth-order valence-electron chi connectivity index (χ4n) is 8.47. The summed E-state index contributed by atoms with van der Waals surface area (Å²) in [7, 11) is 0. The summed E-state index contributed by atoms with van der Waals surface area (Å²) in [4.78, 5) is 17.2. The molecule has 0 aliphatic rings. The van der Waals surface area contributed by atoms with Crippen LogP contribution in [0.15, 0.2) is 180 Å². The van der Waals surface area contributed by atoms with E-state index >= 15 is 0 Å². The number of para-hydroxylation sites is 2. The maximum absolute atomic E-state index is 6.95. The van der Waals surface area contributed by atoms with Crippen molar-refractivity contribution in [3.8, 4) is 61.2 Å². The topological polar surface area (TPSA) is 61.1 Å². The molecule has 0 fully saturated rings. The maximum Gasteiger partial charge on any atom is 0.281 e. The van der Waals surface area contributed by atoms with Gasteiger partial charge < -0.3 is 18.8 Å². The SMILES string of the molecule is CC(C)c1cc(-c2ccccc2)cc(C(C)C)c1-n1c(-c2[c-]ccc3c2oc2cc(-c4ccccc4)ccc23)nc2ccccc21.[C-]#[N+]c1csc(-c2ccnc(-c3[c-]cccc3)c2)n1.[Ir]. The van der Waals surface area contributed by atoms with Gasteiger partial charge in [0.05, 0.1) is 22.4 Å². The van der Waals surface area contributed by atoms with Crippen molar-refractivity contribution >= 4 is 50.1 Å². The van der Waals surface area contributed by atoms with Crippen molar-refractivity contribution in [3.63, 3.8) is 0 Å². The van der Waals surface area contributed by atoms with Crippen LogP contribution >= 0.6 is 11.3 Å². The summed E-state index contributed by atoms with van der Waals surface area (Å²) in [6.07, 6.45) is 1.75. The van der Waals surface area contributed by atoms with Crippen LogP contribution in [0.4, 0.5) is 5.82 Å². The largest absolute Gasteiger partial charge is 0.501 e. The van der Waals surface area contributed by atoms with Crippen LogP contribution in [0.2, 0.25) is 0 Å². The molecule has 0 spiro atoms. The Morgan fingerprint density at radius 2 is 1.33 bits per heavy atom. The Hall–Kier alpha value is -7.27. The van der Waals surface area contributed by atoms with E-state index in [1.165, 1.54) is 44.8 Å². The minimum absolute atomic E-state index is 0. The van der Waals surface area contributed by atoms with Gasteiger partial charge in [-0.15, -0.1) is 70.4 Å². The minimum Gasteiger partial charge on any atom is -0.501 e. The molecule has 0 bridgehead atoms. The van der Waals surface area contributed by atoms with Gasteiger partial charge in [0.25, 0.3) is 5.82 Å². The van der Waals surface area contributed by atoms with Crippen LogP contribution < -0.4 is 0 Å². The molecule has 4 aromatic heterocycles. The van der Waals surface area contributed by atoms with Crippen LogP contribution in [-0.4, -0.2) is 19.5 Å². The number of hydrogen-bond acceptors (Lipinski definition) is 5. The number of imidazole rings is 1. The van der Waals surface area contributed by atoms with Crippen molar-refractivity contribution in [1.82, 2.24) is 19.5 Å². The van der Waals surface area contributed by atoms with Crippen LogP contribution in [0, 0.1) is 18.7 Å². The number of thiazole rings is 1. The third-order valence-electron chi connectivity index (χ3n) is 11.7. The molecular weight excluding hydrogens is 1010 g/mol. The van der Waals surface area contributed by atoms with Crippen molar-refractivity contribution in [2.45, 2.75) is 39.5 Å². The number of benzene rings is 7. The summed E-state index contributed by atoms with van der Waals surface area (Å²) in [6, 6.07) is 63.2. The average Bonchev–Trinajstić information content (AvgIpc) is 4.10. The Bertz CT molecular complexity index is 3480. The van der Waals surface area contributed by atoms with Crippen molar-refractivity contribution in [1.29, 1.82) is 0 Å². The van der Waals surface area contributed by atoms with Crippen LogP contribution in [0.5, 0.6) is 0 Å². The molecule has 8 heteroatoms. The standard InChI is InChI=1S/C43H35N2O.C15H8N3S.Ir/c1-27(2)36-24-32(30-16-9-6-10-17-30)25-37(28(3)4)41(36)45-39-21-12-11-20-38(39)44-43(45)35-19-13-18-34-33-23-22-31(26-40(33)46-42(34)35)29-14-7-5-8-15-29;1-16-14-10-19-15(18-14)12-7-8-17-13(9-12)11-5-3-2-4-6-11;/h5-18,20-28H,1-4H3;2-5,7-10H;/q2*-1;. The van der Waals surface area contributed by atoms with E-state index in [0.717, 1.165) is 71.8 Å². The molecule has 11 rings (SSSR count). The maximum atomic E-state index is 6.95. The Labute approximate surface area is 402 Å². The van der Waals surface area contributed by atoms with Gasteiger partial charge in [0.15, 0.2) is 0 Å². The number of hydrogen-bond donors (Lipinski definition) is 0. The van der Waals surface area contributed by atoms with E-state index in [4.69, 9.17) is 16.0 Å². The van der Waals surface area contributed by atoms with E-state index in [0.29, 0.717) is 5.82 Å². The van der Waals surface area contributed by atoms with Crippen LogP contribution in [0.25, 0.3) is 99.0 Å². The predicted octanol–water partition coefficient (Wildman–Crippen LogP) is 16.2. The number of rotatable bonds is 8. The summed E-state index contributed by atoms with van der Waals surface area (Å²) in [6.45, 7) is 16.1. The summed E-state index contributed by atoms with van der Waals surface area (Å²) in [5.41, 5.74) is 15.9. The molecule has 0 amide bonds. The second-order valence-electron chi connectivity index (χ2n) is 16.5.